The molecule has 0 unspecified atom stereocenters. The van der Waals surface area contributed by atoms with Crippen LogP contribution in [0.1, 0.15) is 11.1 Å². The Bertz CT molecular complexity index is 851. The lowest BCUT2D eigenvalue weighted by molar-refractivity contribution is 0.255. The fourth-order valence-corrected chi connectivity index (χ4v) is 5.64. The molecule has 2 aromatic carbocycles. The number of carbonyl (C=O) groups excluding carboxylic acids is 1. The summed E-state index contributed by atoms with van der Waals surface area (Å²) in [4.78, 5) is 16.5. The molecule has 2 amide bonds. The third-order valence-electron chi connectivity index (χ3n) is 4.99. The number of aryl methyl sites for hydroxylation is 2. The fraction of sp³-hybridized carbons (Fsp3) is 0.316. The quantitative estimate of drug-likeness (QED) is 0.778. The first-order chi connectivity index (χ1) is 11.9. The van der Waals surface area contributed by atoms with Crippen molar-refractivity contribution >= 4 is 27.2 Å². The van der Waals surface area contributed by atoms with Gasteiger partial charge in [0.2, 0.25) is 0 Å². The molecule has 2 atom stereocenters. The number of carbonyl (C=O) groups is 1. The van der Waals surface area contributed by atoms with Crippen molar-refractivity contribution in [3.8, 4) is 0 Å². The Hall–Kier alpha value is -2.34. The number of benzene rings is 2. The molecule has 0 saturated carbocycles. The summed E-state index contributed by atoms with van der Waals surface area (Å²) in [6.45, 7) is 3.97. The Labute approximate surface area is 147 Å². The number of sulfone groups is 1. The predicted octanol–water partition coefficient (Wildman–Crippen LogP) is 2.92. The molecular weight excluding hydrogens is 336 g/mol. The Morgan fingerprint density at radius 3 is 1.48 bits per heavy atom. The fourth-order valence-electron chi connectivity index (χ4n) is 3.72. The largest absolute Gasteiger partial charge is 0.329 e. The molecule has 0 spiro atoms. The maximum absolute atomic E-state index is 13.2. The van der Waals surface area contributed by atoms with E-state index in [9.17, 15) is 13.2 Å². The topological polar surface area (TPSA) is 57.7 Å². The molecule has 5 nitrogen and oxygen atoms in total. The number of urea groups is 1. The van der Waals surface area contributed by atoms with Crippen LogP contribution in [0.25, 0.3) is 0 Å². The minimum absolute atomic E-state index is 0.0135. The van der Waals surface area contributed by atoms with Gasteiger partial charge in [-0.2, -0.15) is 0 Å². The lowest BCUT2D eigenvalue weighted by Crippen LogP contribution is -2.37. The van der Waals surface area contributed by atoms with Crippen molar-refractivity contribution < 1.29 is 13.2 Å². The van der Waals surface area contributed by atoms with Gasteiger partial charge in [-0.3, -0.25) is 9.80 Å². The summed E-state index contributed by atoms with van der Waals surface area (Å²) < 4.78 is 24.5. The molecule has 2 fully saturated rings. The third kappa shape index (κ3) is 2.70. The van der Waals surface area contributed by atoms with Crippen LogP contribution in [-0.4, -0.2) is 38.0 Å². The highest BCUT2D eigenvalue weighted by Crippen LogP contribution is 2.37. The number of rotatable bonds is 2. The van der Waals surface area contributed by atoms with Crippen LogP contribution in [-0.2, 0) is 9.84 Å². The third-order valence-corrected chi connectivity index (χ3v) is 6.69. The number of anilines is 2. The minimum Gasteiger partial charge on any atom is -0.288 e. The molecule has 2 saturated heterocycles. The van der Waals surface area contributed by atoms with E-state index < -0.39 is 9.84 Å². The summed E-state index contributed by atoms with van der Waals surface area (Å²) in [5, 5.41) is 0. The zero-order valence-electron chi connectivity index (χ0n) is 14.2. The first-order valence-corrected chi connectivity index (χ1v) is 10.1. The normalized spacial score (nSPS) is 24.6. The molecule has 0 radical (unpaired) electrons. The predicted molar refractivity (Wildman–Crippen MR) is 98.9 cm³/mol. The van der Waals surface area contributed by atoms with E-state index in [1.54, 1.807) is 9.80 Å². The van der Waals surface area contributed by atoms with E-state index in [0.29, 0.717) is 0 Å². The van der Waals surface area contributed by atoms with Crippen LogP contribution >= 0.6 is 0 Å². The average Bonchev–Trinajstić information content (AvgIpc) is 2.99. The van der Waals surface area contributed by atoms with Gasteiger partial charge in [0.25, 0.3) is 0 Å². The van der Waals surface area contributed by atoms with Gasteiger partial charge in [-0.25, -0.2) is 13.2 Å². The van der Waals surface area contributed by atoms with Crippen molar-refractivity contribution in [1.29, 1.82) is 0 Å². The lowest BCUT2D eigenvalue weighted by atomic mass is 10.1. The summed E-state index contributed by atoms with van der Waals surface area (Å²) in [5.74, 6) is 0.0271. The van der Waals surface area contributed by atoms with Gasteiger partial charge in [0.1, 0.15) is 0 Å². The zero-order valence-corrected chi connectivity index (χ0v) is 15.0. The van der Waals surface area contributed by atoms with Crippen LogP contribution in [0.3, 0.4) is 0 Å². The van der Waals surface area contributed by atoms with Crippen LogP contribution in [0.4, 0.5) is 16.2 Å². The van der Waals surface area contributed by atoms with Crippen molar-refractivity contribution in [1.82, 2.24) is 0 Å². The van der Waals surface area contributed by atoms with Gasteiger partial charge in [0.15, 0.2) is 9.84 Å². The van der Waals surface area contributed by atoms with Gasteiger partial charge in [0, 0.05) is 11.4 Å². The SMILES string of the molecule is Cc1ccc(N2C(=O)N(c3ccc(C)cc3)[C@@H]3CS(=O)(=O)C[C@H]32)cc1. The van der Waals surface area contributed by atoms with Gasteiger partial charge in [-0.15, -0.1) is 0 Å². The van der Waals surface area contributed by atoms with E-state index in [0.717, 1.165) is 22.5 Å². The Balaban J connectivity index is 1.79. The summed E-state index contributed by atoms with van der Waals surface area (Å²) in [5.41, 5.74) is 3.69. The number of fused-ring (bicyclic) bond motifs is 1. The second-order valence-electron chi connectivity index (χ2n) is 6.91. The number of amides is 2. The Morgan fingerprint density at radius 1 is 0.760 bits per heavy atom. The zero-order chi connectivity index (χ0) is 17.8. The van der Waals surface area contributed by atoms with E-state index in [4.69, 9.17) is 0 Å². The van der Waals surface area contributed by atoms with Crippen LogP contribution < -0.4 is 9.80 Å². The van der Waals surface area contributed by atoms with Gasteiger partial charge < -0.3 is 0 Å². The Kier molecular flexibility index (Phi) is 3.61. The van der Waals surface area contributed by atoms with Crippen LogP contribution in [0.2, 0.25) is 0 Å². The highest BCUT2D eigenvalue weighted by atomic mass is 32.2. The van der Waals surface area contributed by atoms with E-state index in [1.165, 1.54) is 0 Å². The monoisotopic (exact) mass is 356 g/mol. The highest BCUT2D eigenvalue weighted by molar-refractivity contribution is 7.91. The number of hydrogen-bond acceptors (Lipinski definition) is 3. The van der Waals surface area contributed by atoms with Crippen LogP contribution in [0.15, 0.2) is 48.5 Å². The standard InChI is InChI=1S/C19H20N2O3S/c1-13-3-7-15(8-4-13)20-17-11-25(23,24)12-18(17)21(19(20)22)16-9-5-14(2)6-10-16/h3-10,17-18H,11-12H2,1-2H3/t17-,18-/m1/s1. The molecule has 0 bridgehead atoms. The molecule has 2 aliphatic heterocycles. The maximum Gasteiger partial charge on any atom is 0.329 e. The summed E-state index contributed by atoms with van der Waals surface area (Å²) in [7, 11) is -3.16. The molecule has 0 N–H and O–H groups in total. The van der Waals surface area contributed by atoms with E-state index in [-0.39, 0.29) is 29.6 Å². The smallest absolute Gasteiger partial charge is 0.288 e. The number of hydrogen-bond donors (Lipinski definition) is 0. The molecule has 0 aromatic heterocycles. The molecule has 6 heteroatoms. The van der Waals surface area contributed by atoms with Gasteiger partial charge >= 0.3 is 6.03 Å². The van der Waals surface area contributed by atoms with Crippen molar-refractivity contribution in [2.75, 3.05) is 21.3 Å². The second-order valence-corrected chi connectivity index (χ2v) is 9.06. The van der Waals surface area contributed by atoms with Crippen molar-refractivity contribution in [2.45, 2.75) is 25.9 Å². The Morgan fingerprint density at radius 2 is 1.12 bits per heavy atom. The maximum atomic E-state index is 13.2. The molecule has 2 aromatic rings. The van der Waals surface area contributed by atoms with E-state index >= 15 is 0 Å². The first kappa shape index (κ1) is 16.1. The summed E-state index contributed by atoms with van der Waals surface area (Å²) >= 11 is 0. The van der Waals surface area contributed by atoms with Crippen molar-refractivity contribution in [3.63, 3.8) is 0 Å². The summed E-state index contributed by atoms with van der Waals surface area (Å²) in [6, 6.07) is 14.4. The second kappa shape index (κ2) is 5.59. The molecular formula is C19H20N2O3S. The molecule has 2 aliphatic rings. The van der Waals surface area contributed by atoms with Gasteiger partial charge in [-0.05, 0) is 38.1 Å². The van der Waals surface area contributed by atoms with E-state index in [2.05, 4.69) is 0 Å². The minimum atomic E-state index is -3.16. The molecule has 130 valence electrons. The van der Waals surface area contributed by atoms with Crippen molar-refractivity contribution in [3.05, 3.63) is 59.7 Å². The molecule has 25 heavy (non-hydrogen) atoms. The molecule has 2 heterocycles. The van der Waals surface area contributed by atoms with Crippen LogP contribution in [0.5, 0.6) is 0 Å². The highest BCUT2D eigenvalue weighted by Gasteiger charge is 2.54. The number of nitrogens with zero attached hydrogens (tertiary/aromatic N) is 2. The van der Waals surface area contributed by atoms with Gasteiger partial charge in [0.05, 0.1) is 23.6 Å². The first-order valence-electron chi connectivity index (χ1n) is 8.32. The molecule has 4 rings (SSSR count). The lowest BCUT2D eigenvalue weighted by Gasteiger charge is -2.23. The van der Waals surface area contributed by atoms with E-state index in [1.807, 2.05) is 62.4 Å². The van der Waals surface area contributed by atoms with Crippen molar-refractivity contribution in [2.24, 2.45) is 0 Å². The average molecular weight is 356 g/mol. The van der Waals surface area contributed by atoms with Gasteiger partial charge in [-0.1, -0.05) is 35.4 Å². The van der Waals surface area contributed by atoms with Crippen LogP contribution in [0, 0.1) is 13.8 Å². The molecule has 0 aliphatic carbocycles. The summed E-state index contributed by atoms with van der Waals surface area (Å²) in [6.07, 6.45) is 0.